The van der Waals surface area contributed by atoms with E-state index in [1.54, 1.807) is 31.0 Å². The molecule has 1 aromatic rings. The van der Waals surface area contributed by atoms with Crippen LogP contribution in [0.15, 0.2) is 18.2 Å². The summed E-state index contributed by atoms with van der Waals surface area (Å²) in [7, 11) is 1.77. The summed E-state index contributed by atoms with van der Waals surface area (Å²) in [6.07, 6.45) is 3.51. The number of aryl methyl sites for hydroxylation is 1. The fourth-order valence-corrected chi connectivity index (χ4v) is 2.44. The summed E-state index contributed by atoms with van der Waals surface area (Å²) >= 11 is 0. The molecule has 2 rings (SSSR count). The van der Waals surface area contributed by atoms with Gasteiger partial charge in [0.05, 0.1) is 0 Å². The average molecular weight is 264 g/mol. The Kier molecular flexibility index (Phi) is 4.53. The number of carbonyl (C=O) groups is 1. The van der Waals surface area contributed by atoms with Crippen LogP contribution in [0.4, 0.5) is 4.39 Å². The molecule has 0 aromatic heterocycles. The predicted octanol–water partition coefficient (Wildman–Crippen LogP) is 2.35. The first-order valence-corrected chi connectivity index (χ1v) is 6.83. The van der Waals surface area contributed by atoms with Crippen LogP contribution >= 0.6 is 0 Å². The summed E-state index contributed by atoms with van der Waals surface area (Å²) in [4.78, 5) is 13.9. The van der Waals surface area contributed by atoms with Crippen LogP contribution in [-0.2, 0) is 0 Å². The van der Waals surface area contributed by atoms with E-state index < -0.39 is 0 Å². The number of amides is 1. The summed E-state index contributed by atoms with van der Waals surface area (Å²) in [5, 5.41) is 3.41. The number of hydrogen-bond donors (Lipinski definition) is 1. The van der Waals surface area contributed by atoms with Crippen molar-refractivity contribution < 1.29 is 9.18 Å². The van der Waals surface area contributed by atoms with Gasteiger partial charge in [-0.1, -0.05) is 12.5 Å². The Bertz CT molecular complexity index is 455. The molecule has 1 N–H and O–H groups in total. The van der Waals surface area contributed by atoms with Crippen LogP contribution in [0.25, 0.3) is 0 Å². The molecule has 19 heavy (non-hydrogen) atoms. The lowest BCUT2D eigenvalue weighted by molar-refractivity contribution is 0.0775. The third-order valence-electron chi connectivity index (χ3n) is 3.67. The van der Waals surface area contributed by atoms with Crippen molar-refractivity contribution in [2.75, 3.05) is 20.1 Å². The molecule has 1 aromatic carbocycles. The van der Waals surface area contributed by atoms with Gasteiger partial charge in [-0.25, -0.2) is 4.39 Å². The normalized spacial score (nSPS) is 19.2. The average Bonchev–Trinajstić information content (AvgIpc) is 2.42. The maximum absolute atomic E-state index is 13.5. The molecule has 3 nitrogen and oxygen atoms in total. The number of likely N-dealkylation sites (N-methyl/N-ethyl adjacent to an activating group) is 1. The highest BCUT2D eigenvalue weighted by Gasteiger charge is 2.19. The lowest BCUT2D eigenvalue weighted by atomic mass is 10.0. The van der Waals surface area contributed by atoms with Gasteiger partial charge < -0.3 is 10.2 Å². The van der Waals surface area contributed by atoms with Crippen molar-refractivity contribution in [3.05, 3.63) is 35.1 Å². The lowest BCUT2D eigenvalue weighted by Crippen LogP contribution is -2.44. The van der Waals surface area contributed by atoms with Gasteiger partial charge in [-0.3, -0.25) is 4.79 Å². The van der Waals surface area contributed by atoms with Crippen LogP contribution in [0.2, 0.25) is 0 Å². The van der Waals surface area contributed by atoms with Gasteiger partial charge >= 0.3 is 0 Å². The third-order valence-corrected chi connectivity index (χ3v) is 3.67. The van der Waals surface area contributed by atoms with Crippen molar-refractivity contribution in [3.63, 3.8) is 0 Å². The molecular weight excluding hydrogens is 243 g/mol. The largest absolute Gasteiger partial charge is 0.340 e. The Hall–Kier alpha value is -1.42. The molecule has 1 aliphatic heterocycles. The number of hydrogen-bond acceptors (Lipinski definition) is 2. The number of benzene rings is 1. The summed E-state index contributed by atoms with van der Waals surface area (Å²) in [6, 6.07) is 5.02. The fraction of sp³-hybridized carbons (Fsp3) is 0.533. The van der Waals surface area contributed by atoms with Crippen molar-refractivity contribution in [1.82, 2.24) is 10.2 Å². The van der Waals surface area contributed by atoms with Crippen LogP contribution in [0.5, 0.6) is 0 Å². The first-order valence-electron chi connectivity index (χ1n) is 6.83. The molecule has 4 heteroatoms. The van der Waals surface area contributed by atoms with Crippen molar-refractivity contribution in [2.45, 2.75) is 32.2 Å². The molecule has 0 spiro atoms. The Labute approximate surface area is 113 Å². The fourth-order valence-electron chi connectivity index (χ4n) is 2.44. The van der Waals surface area contributed by atoms with Crippen molar-refractivity contribution in [2.24, 2.45) is 0 Å². The second-order valence-corrected chi connectivity index (χ2v) is 5.30. The maximum Gasteiger partial charge on any atom is 0.253 e. The van der Waals surface area contributed by atoms with E-state index in [0.717, 1.165) is 13.0 Å². The highest BCUT2D eigenvalue weighted by atomic mass is 19.1. The minimum atomic E-state index is -0.324. The van der Waals surface area contributed by atoms with Gasteiger partial charge in [-0.2, -0.15) is 0 Å². The molecule has 1 amide bonds. The zero-order valence-corrected chi connectivity index (χ0v) is 11.6. The Morgan fingerprint density at radius 1 is 1.47 bits per heavy atom. The Morgan fingerprint density at radius 3 is 2.89 bits per heavy atom. The number of nitrogens with zero attached hydrogens (tertiary/aromatic N) is 1. The van der Waals surface area contributed by atoms with Gasteiger partial charge in [0.2, 0.25) is 0 Å². The highest BCUT2D eigenvalue weighted by Crippen LogP contribution is 2.13. The van der Waals surface area contributed by atoms with Crippen LogP contribution < -0.4 is 5.32 Å². The van der Waals surface area contributed by atoms with Crippen LogP contribution in [0, 0.1) is 12.7 Å². The molecular formula is C15H21FN2O. The van der Waals surface area contributed by atoms with E-state index in [4.69, 9.17) is 0 Å². The molecule has 1 unspecified atom stereocenters. The van der Waals surface area contributed by atoms with E-state index in [0.29, 0.717) is 23.7 Å². The zero-order chi connectivity index (χ0) is 13.8. The quantitative estimate of drug-likeness (QED) is 0.909. The van der Waals surface area contributed by atoms with Gasteiger partial charge in [0.25, 0.3) is 5.91 Å². The van der Waals surface area contributed by atoms with Crippen molar-refractivity contribution >= 4 is 5.91 Å². The highest BCUT2D eigenvalue weighted by molar-refractivity contribution is 5.94. The van der Waals surface area contributed by atoms with Gasteiger partial charge in [0.15, 0.2) is 0 Å². The molecule has 0 radical (unpaired) electrons. The molecule has 1 fully saturated rings. The molecule has 1 aliphatic rings. The summed E-state index contributed by atoms with van der Waals surface area (Å²) in [6.45, 7) is 3.39. The second kappa shape index (κ2) is 6.15. The molecule has 104 valence electrons. The van der Waals surface area contributed by atoms with E-state index >= 15 is 0 Å². The molecule has 1 atom stereocenters. The van der Waals surface area contributed by atoms with E-state index in [1.807, 2.05) is 0 Å². The van der Waals surface area contributed by atoms with Crippen LogP contribution in [0.3, 0.4) is 0 Å². The predicted molar refractivity (Wildman–Crippen MR) is 73.7 cm³/mol. The summed E-state index contributed by atoms with van der Waals surface area (Å²) < 4.78 is 13.5. The molecule has 0 bridgehead atoms. The number of halogens is 1. The number of rotatable bonds is 3. The first-order chi connectivity index (χ1) is 9.08. The topological polar surface area (TPSA) is 32.3 Å². The minimum absolute atomic E-state index is 0.119. The minimum Gasteiger partial charge on any atom is -0.340 e. The van der Waals surface area contributed by atoms with E-state index in [2.05, 4.69) is 5.32 Å². The molecule has 0 saturated carbocycles. The Balaban J connectivity index is 1.99. The SMILES string of the molecule is Cc1ccc(C(=O)N(C)CC2CCCCN2)cc1F. The van der Waals surface area contributed by atoms with Crippen molar-refractivity contribution in [3.8, 4) is 0 Å². The number of carbonyl (C=O) groups excluding carboxylic acids is 1. The number of piperidine rings is 1. The summed E-state index contributed by atoms with van der Waals surface area (Å²) in [5.74, 6) is -0.443. The van der Waals surface area contributed by atoms with Crippen molar-refractivity contribution in [1.29, 1.82) is 0 Å². The standard InChI is InChI=1S/C15H21FN2O/c1-11-6-7-12(9-14(11)16)15(19)18(2)10-13-5-3-4-8-17-13/h6-7,9,13,17H,3-5,8,10H2,1-2H3. The number of nitrogens with one attached hydrogen (secondary N) is 1. The smallest absolute Gasteiger partial charge is 0.253 e. The van der Waals surface area contributed by atoms with Crippen LogP contribution in [-0.4, -0.2) is 37.0 Å². The third kappa shape index (κ3) is 3.53. The first kappa shape index (κ1) is 14.0. The van der Waals surface area contributed by atoms with Crippen LogP contribution in [0.1, 0.15) is 35.2 Å². The maximum atomic E-state index is 13.5. The monoisotopic (exact) mass is 264 g/mol. The van der Waals surface area contributed by atoms with E-state index in [9.17, 15) is 9.18 Å². The molecule has 0 aliphatic carbocycles. The lowest BCUT2D eigenvalue weighted by Gasteiger charge is -2.28. The molecule has 1 heterocycles. The van der Waals surface area contributed by atoms with Gasteiger partial charge in [-0.05, 0) is 44.0 Å². The molecule has 1 saturated heterocycles. The van der Waals surface area contributed by atoms with Gasteiger partial charge in [-0.15, -0.1) is 0 Å². The van der Waals surface area contributed by atoms with E-state index in [1.165, 1.54) is 18.9 Å². The Morgan fingerprint density at radius 2 is 2.26 bits per heavy atom. The zero-order valence-electron chi connectivity index (χ0n) is 11.6. The second-order valence-electron chi connectivity index (χ2n) is 5.30. The van der Waals surface area contributed by atoms with E-state index in [-0.39, 0.29) is 11.7 Å². The summed E-state index contributed by atoms with van der Waals surface area (Å²) in [5.41, 5.74) is 0.981. The van der Waals surface area contributed by atoms with Gasteiger partial charge in [0, 0.05) is 25.2 Å². The van der Waals surface area contributed by atoms with Gasteiger partial charge in [0.1, 0.15) is 5.82 Å².